The molecule has 5 heteroatoms. The highest BCUT2D eigenvalue weighted by Gasteiger charge is 2.30. The van der Waals surface area contributed by atoms with Crippen molar-refractivity contribution in [2.24, 2.45) is 5.92 Å². The van der Waals surface area contributed by atoms with E-state index in [0.717, 1.165) is 16.6 Å². The summed E-state index contributed by atoms with van der Waals surface area (Å²) in [7, 11) is 0. The molecule has 20 heavy (non-hydrogen) atoms. The molecule has 0 spiro atoms. The van der Waals surface area contributed by atoms with Gasteiger partial charge in [-0.2, -0.15) is 0 Å². The van der Waals surface area contributed by atoms with Crippen molar-refractivity contribution in [3.8, 4) is 0 Å². The number of carbonyl (C=O) groups excluding carboxylic acids is 2. The Bertz CT molecular complexity index is 531. The molecule has 108 valence electrons. The Kier molecular flexibility index (Phi) is 4.81. The first-order valence-corrected chi connectivity index (χ1v) is 7.94. The molecule has 0 aromatic heterocycles. The molecule has 1 aliphatic heterocycles. The summed E-state index contributed by atoms with van der Waals surface area (Å²) >= 11 is 3.44. The molecule has 1 aliphatic rings. The van der Waals surface area contributed by atoms with Crippen molar-refractivity contribution in [1.29, 1.82) is 0 Å². The standard InChI is InChI=1S/C15H19BrN2O2/c1-3-17-15(20)12-5-4-10(2)13(7-12)18-9-11(8-16)6-14(18)19/h4-5,7,11H,3,6,8-9H2,1-2H3,(H,17,20). The molecule has 1 saturated heterocycles. The molecule has 1 atom stereocenters. The molecule has 4 nitrogen and oxygen atoms in total. The SMILES string of the molecule is CCNC(=O)c1ccc(C)c(N2CC(CBr)CC2=O)c1. The minimum Gasteiger partial charge on any atom is -0.352 e. The second-order valence-electron chi connectivity index (χ2n) is 5.09. The summed E-state index contributed by atoms with van der Waals surface area (Å²) < 4.78 is 0. The number of anilines is 1. The summed E-state index contributed by atoms with van der Waals surface area (Å²) in [6, 6.07) is 5.51. The zero-order chi connectivity index (χ0) is 14.7. The van der Waals surface area contributed by atoms with E-state index in [2.05, 4.69) is 21.2 Å². The van der Waals surface area contributed by atoms with Gasteiger partial charge >= 0.3 is 0 Å². The lowest BCUT2D eigenvalue weighted by Crippen LogP contribution is -2.27. The van der Waals surface area contributed by atoms with Crippen LogP contribution in [0.2, 0.25) is 0 Å². The van der Waals surface area contributed by atoms with Crippen LogP contribution in [0.4, 0.5) is 5.69 Å². The fourth-order valence-corrected chi connectivity index (χ4v) is 2.86. The summed E-state index contributed by atoms with van der Waals surface area (Å²) in [6.07, 6.45) is 0.566. The lowest BCUT2D eigenvalue weighted by molar-refractivity contribution is -0.117. The van der Waals surface area contributed by atoms with E-state index in [9.17, 15) is 9.59 Å². The maximum Gasteiger partial charge on any atom is 0.251 e. The Morgan fingerprint density at radius 1 is 1.50 bits per heavy atom. The molecular weight excluding hydrogens is 320 g/mol. The highest BCUT2D eigenvalue weighted by molar-refractivity contribution is 9.09. The second kappa shape index (κ2) is 6.39. The van der Waals surface area contributed by atoms with E-state index >= 15 is 0 Å². The van der Waals surface area contributed by atoms with Gasteiger partial charge in [0.1, 0.15) is 0 Å². The van der Waals surface area contributed by atoms with Crippen molar-refractivity contribution in [3.05, 3.63) is 29.3 Å². The molecule has 1 heterocycles. The largest absolute Gasteiger partial charge is 0.352 e. The molecule has 2 amide bonds. The quantitative estimate of drug-likeness (QED) is 0.857. The second-order valence-corrected chi connectivity index (χ2v) is 5.74. The van der Waals surface area contributed by atoms with Gasteiger partial charge < -0.3 is 10.2 Å². The van der Waals surface area contributed by atoms with E-state index in [-0.39, 0.29) is 11.8 Å². The maximum absolute atomic E-state index is 12.1. The van der Waals surface area contributed by atoms with Crippen molar-refractivity contribution in [2.75, 3.05) is 23.3 Å². The van der Waals surface area contributed by atoms with Crippen molar-refractivity contribution >= 4 is 33.4 Å². The van der Waals surface area contributed by atoms with Gasteiger partial charge in [0.05, 0.1) is 0 Å². The maximum atomic E-state index is 12.1. The first-order valence-electron chi connectivity index (χ1n) is 6.82. The average molecular weight is 339 g/mol. The number of hydrogen-bond acceptors (Lipinski definition) is 2. The molecular formula is C15H19BrN2O2. The van der Waals surface area contributed by atoms with Gasteiger partial charge in [0.2, 0.25) is 5.91 Å². The number of rotatable bonds is 4. The number of nitrogens with zero attached hydrogens (tertiary/aromatic N) is 1. The van der Waals surface area contributed by atoms with Gasteiger partial charge in [-0.1, -0.05) is 22.0 Å². The number of alkyl halides is 1. The van der Waals surface area contributed by atoms with Crippen LogP contribution >= 0.6 is 15.9 Å². The van der Waals surface area contributed by atoms with Crippen LogP contribution in [0.1, 0.15) is 29.3 Å². The number of nitrogens with one attached hydrogen (secondary N) is 1. The Balaban J connectivity index is 2.29. The third-order valence-corrected chi connectivity index (χ3v) is 4.44. The van der Waals surface area contributed by atoms with Crippen molar-refractivity contribution in [3.63, 3.8) is 0 Å². The Hall–Kier alpha value is -1.36. The molecule has 1 N–H and O–H groups in total. The smallest absolute Gasteiger partial charge is 0.251 e. The zero-order valence-corrected chi connectivity index (χ0v) is 13.4. The summed E-state index contributed by atoms with van der Waals surface area (Å²) in [5, 5.41) is 3.60. The molecule has 1 aromatic carbocycles. The lowest BCUT2D eigenvalue weighted by Gasteiger charge is -2.20. The summed E-state index contributed by atoms with van der Waals surface area (Å²) in [5.41, 5.74) is 2.46. The minimum atomic E-state index is -0.0996. The first-order chi connectivity index (χ1) is 9.56. The highest BCUT2D eigenvalue weighted by Crippen LogP contribution is 2.29. The number of aryl methyl sites for hydroxylation is 1. The van der Waals surface area contributed by atoms with Gasteiger partial charge in [-0.05, 0) is 37.5 Å². The van der Waals surface area contributed by atoms with Crippen LogP contribution in [0.25, 0.3) is 0 Å². The third-order valence-electron chi connectivity index (χ3n) is 3.52. The molecule has 2 rings (SSSR count). The van der Waals surface area contributed by atoms with Crippen LogP contribution in [0.15, 0.2) is 18.2 Å². The lowest BCUT2D eigenvalue weighted by atomic mass is 10.1. The van der Waals surface area contributed by atoms with Crippen LogP contribution in [0.5, 0.6) is 0 Å². The molecule has 0 bridgehead atoms. The fraction of sp³-hybridized carbons (Fsp3) is 0.467. The van der Waals surface area contributed by atoms with E-state index < -0.39 is 0 Å². The van der Waals surface area contributed by atoms with E-state index in [1.54, 1.807) is 11.0 Å². The van der Waals surface area contributed by atoms with Gasteiger partial charge in [-0.25, -0.2) is 0 Å². The summed E-state index contributed by atoms with van der Waals surface area (Å²) in [5.74, 6) is 0.373. The summed E-state index contributed by atoms with van der Waals surface area (Å²) in [6.45, 7) is 5.16. The molecule has 0 aliphatic carbocycles. The fourth-order valence-electron chi connectivity index (χ4n) is 2.42. The van der Waals surface area contributed by atoms with Crippen LogP contribution in [-0.4, -0.2) is 30.2 Å². The third kappa shape index (κ3) is 3.03. The van der Waals surface area contributed by atoms with Crippen molar-refractivity contribution < 1.29 is 9.59 Å². The molecule has 0 saturated carbocycles. The molecule has 1 unspecified atom stereocenters. The zero-order valence-electron chi connectivity index (χ0n) is 11.8. The topological polar surface area (TPSA) is 49.4 Å². The normalized spacial score (nSPS) is 18.4. The predicted molar refractivity (Wildman–Crippen MR) is 83.4 cm³/mol. The van der Waals surface area contributed by atoms with Gasteiger partial charge in [-0.15, -0.1) is 0 Å². The Morgan fingerprint density at radius 3 is 2.85 bits per heavy atom. The van der Waals surface area contributed by atoms with E-state index in [1.165, 1.54) is 0 Å². The van der Waals surface area contributed by atoms with Gasteiger partial charge in [0.25, 0.3) is 5.91 Å². The van der Waals surface area contributed by atoms with E-state index in [0.29, 0.717) is 31.0 Å². The van der Waals surface area contributed by atoms with Crippen LogP contribution in [0.3, 0.4) is 0 Å². The number of carbonyl (C=O) groups is 2. The number of amides is 2. The minimum absolute atomic E-state index is 0.0996. The average Bonchev–Trinajstić information content (AvgIpc) is 2.81. The Morgan fingerprint density at radius 2 is 2.25 bits per heavy atom. The highest BCUT2D eigenvalue weighted by atomic mass is 79.9. The van der Waals surface area contributed by atoms with Gasteiger partial charge in [0, 0.05) is 36.1 Å². The van der Waals surface area contributed by atoms with Crippen molar-refractivity contribution in [2.45, 2.75) is 20.3 Å². The van der Waals surface area contributed by atoms with Crippen LogP contribution in [0, 0.1) is 12.8 Å². The van der Waals surface area contributed by atoms with Crippen LogP contribution < -0.4 is 10.2 Å². The van der Waals surface area contributed by atoms with Gasteiger partial charge in [-0.3, -0.25) is 9.59 Å². The van der Waals surface area contributed by atoms with E-state index in [4.69, 9.17) is 0 Å². The monoisotopic (exact) mass is 338 g/mol. The summed E-state index contributed by atoms with van der Waals surface area (Å²) in [4.78, 5) is 25.8. The molecule has 0 radical (unpaired) electrons. The number of halogens is 1. The predicted octanol–water partition coefficient (Wildman–Crippen LogP) is 2.49. The van der Waals surface area contributed by atoms with Gasteiger partial charge in [0.15, 0.2) is 0 Å². The van der Waals surface area contributed by atoms with Crippen molar-refractivity contribution in [1.82, 2.24) is 5.32 Å². The molecule has 1 fully saturated rings. The van der Waals surface area contributed by atoms with Crippen LogP contribution in [-0.2, 0) is 4.79 Å². The Labute approximate surface area is 127 Å². The first kappa shape index (κ1) is 15.0. The van der Waals surface area contributed by atoms with E-state index in [1.807, 2.05) is 26.0 Å². The molecule has 1 aromatic rings. The number of benzene rings is 1. The number of hydrogen-bond donors (Lipinski definition) is 1.